The van der Waals surface area contributed by atoms with E-state index in [1.807, 2.05) is 0 Å². The number of nitrogens with zero attached hydrogens (tertiary/aromatic N) is 1. The van der Waals surface area contributed by atoms with Crippen LogP contribution in [0.15, 0.2) is 36.4 Å². The Bertz CT molecular complexity index is 841. The molecule has 2 aromatic rings. The number of amides is 2. The van der Waals surface area contributed by atoms with Crippen molar-refractivity contribution in [1.82, 2.24) is 4.90 Å². The van der Waals surface area contributed by atoms with Crippen LogP contribution in [0.25, 0.3) is 0 Å². The van der Waals surface area contributed by atoms with Crippen molar-refractivity contribution >= 4 is 40.7 Å². The van der Waals surface area contributed by atoms with Gasteiger partial charge in [-0.25, -0.2) is 0 Å². The molecule has 130 valence electrons. The molecular weight excluding hydrogens is 367 g/mol. The third kappa shape index (κ3) is 3.97. The van der Waals surface area contributed by atoms with E-state index in [2.05, 4.69) is 5.32 Å². The van der Waals surface area contributed by atoms with E-state index in [9.17, 15) is 9.59 Å². The monoisotopic (exact) mass is 380 g/mol. The minimum Gasteiger partial charge on any atom is -0.454 e. The Morgan fingerprint density at radius 2 is 1.84 bits per heavy atom. The molecule has 6 nitrogen and oxygen atoms in total. The molecule has 0 spiro atoms. The van der Waals surface area contributed by atoms with Gasteiger partial charge in [0.05, 0.1) is 16.6 Å². The first-order valence-corrected chi connectivity index (χ1v) is 8.09. The van der Waals surface area contributed by atoms with Gasteiger partial charge in [-0.3, -0.25) is 9.59 Å². The van der Waals surface area contributed by atoms with Gasteiger partial charge in [0.1, 0.15) is 0 Å². The molecule has 2 aromatic carbocycles. The number of nitrogens with one attached hydrogen (secondary N) is 1. The number of likely N-dealkylation sites (N-methyl/N-ethyl adjacent to an activating group) is 1. The summed E-state index contributed by atoms with van der Waals surface area (Å²) in [7, 11) is 1.54. The van der Waals surface area contributed by atoms with E-state index in [0.29, 0.717) is 32.8 Å². The van der Waals surface area contributed by atoms with E-state index < -0.39 is 0 Å². The van der Waals surface area contributed by atoms with Gasteiger partial charge in [-0.15, -0.1) is 0 Å². The molecule has 1 aliphatic rings. The van der Waals surface area contributed by atoms with Gasteiger partial charge >= 0.3 is 0 Å². The van der Waals surface area contributed by atoms with Crippen molar-refractivity contribution in [3.05, 3.63) is 52.0 Å². The summed E-state index contributed by atoms with van der Waals surface area (Å²) in [6.07, 6.45) is 0. The lowest BCUT2D eigenvalue weighted by Crippen LogP contribution is -2.34. The van der Waals surface area contributed by atoms with Crippen molar-refractivity contribution in [3.8, 4) is 11.5 Å². The van der Waals surface area contributed by atoms with Crippen molar-refractivity contribution in [2.24, 2.45) is 0 Å². The molecule has 0 aliphatic carbocycles. The van der Waals surface area contributed by atoms with Crippen LogP contribution in [0.1, 0.15) is 10.4 Å². The number of fused-ring (bicyclic) bond motifs is 1. The number of benzene rings is 2. The lowest BCUT2D eigenvalue weighted by atomic mass is 10.2. The van der Waals surface area contributed by atoms with E-state index >= 15 is 0 Å². The highest BCUT2D eigenvalue weighted by atomic mass is 35.5. The summed E-state index contributed by atoms with van der Waals surface area (Å²) < 4.78 is 10.5. The number of hydrogen-bond donors (Lipinski definition) is 1. The van der Waals surface area contributed by atoms with Crippen molar-refractivity contribution in [3.63, 3.8) is 0 Å². The lowest BCUT2D eigenvalue weighted by molar-refractivity contribution is -0.116. The maximum atomic E-state index is 12.4. The van der Waals surface area contributed by atoms with Gasteiger partial charge < -0.3 is 19.7 Å². The highest BCUT2D eigenvalue weighted by Gasteiger charge is 2.19. The lowest BCUT2D eigenvalue weighted by Gasteiger charge is -2.17. The Balaban J connectivity index is 1.62. The molecule has 25 heavy (non-hydrogen) atoms. The van der Waals surface area contributed by atoms with Gasteiger partial charge in [0.25, 0.3) is 5.91 Å². The Kier molecular flexibility index (Phi) is 5.01. The fourth-order valence-corrected chi connectivity index (χ4v) is 2.61. The molecule has 0 unspecified atom stereocenters. The van der Waals surface area contributed by atoms with Gasteiger partial charge in [-0.05, 0) is 36.4 Å². The van der Waals surface area contributed by atoms with E-state index in [4.69, 9.17) is 32.7 Å². The SMILES string of the molecule is CN(CC(=O)Nc1ccc(Cl)c(Cl)c1)C(=O)c1ccc2c(c1)OCO2. The molecule has 0 radical (unpaired) electrons. The van der Waals surface area contributed by atoms with Crippen LogP contribution < -0.4 is 14.8 Å². The van der Waals surface area contributed by atoms with Gasteiger partial charge in [-0.1, -0.05) is 23.2 Å². The molecule has 1 N–H and O–H groups in total. The molecule has 0 saturated carbocycles. The Morgan fingerprint density at radius 1 is 1.08 bits per heavy atom. The number of carbonyl (C=O) groups is 2. The first-order valence-electron chi connectivity index (χ1n) is 7.34. The number of hydrogen-bond acceptors (Lipinski definition) is 4. The standard InChI is InChI=1S/C17H14Cl2N2O4/c1-21(8-16(22)20-11-3-4-12(18)13(19)7-11)17(23)10-2-5-14-15(6-10)25-9-24-14/h2-7H,8-9H2,1H3,(H,20,22). The second-order valence-electron chi connectivity index (χ2n) is 5.41. The first-order chi connectivity index (χ1) is 11.9. The zero-order chi connectivity index (χ0) is 18.0. The minimum absolute atomic E-state index is 0.118. The molecule has 8 heteroatoms. The van der Waals surface area contributed by atoms with E-state index in [0.717, 1.165) is 0 Å². The normalized spacial score (nSPS) is 12.0. The fraction of sp³-hybridized carbons (Fsp3) is 0.176. The average molecular weight is 381 g/mol. The molecule has 0 atom stereocenters. The molecule has 0 bridgehead atoms. The van der Waals surface area contributed by atoms with Crippen LogP contribution in [0.5, 0.6) is 11.5 Å². The second-order valence-corrected chi connectivity index (χ2v) is 6.22. The van der Waals surface area contributed by atoms with Crippen LogP contribution in [0.2, 0.25) is 10.0 Å². The van der Waals surface area contributed by atoms with Gasteiger partial charge in [0.15, 0.2) is 11.5 Å². The molecule has 0 saturated heterocycles. The third-order valence-electron chi connectivity index (χ3n) is 3.55. The third-order valence-corrected chi connectivity index (χ3v) is 4.29. The summed E-state index contributed by atoms with van der Waals surface area (Å²) >= 11 is 11.7. The van der Waals surface area contributed by atoms with Gasteiger partial charge in [0.2, 0.25) is 12.7 Å². The van der Waals surface area contributed by atoms with E-state index in [-0.39, 0.29) is 25.2 Å². The van der Waals surface area contributed by atoms with Crippen LogP contribution >= 0.6 is 23.2 Å². The zero-order valence-electron chi connectivity index (χ0n) is 13.2. The second kappa shape index (κ2) is 7.21. The number of halogens is 2. The van der Waals surface area contributed by atoms with E-state index in [1.54, 1.807) is 43.4 Å². The first kappa shape index (κ1) is 17.4. The number of carbonyl (C=O) groups excluding carboxylic acids is 2. The van der Waals surface area contributed by atoms with Crippen LogP contribution in [-0.4, -0.2) is 37.1 Å². The predicted octanol–water partition coefficient (Wildman–Crippen LogP) is 3.43. The summed E-state index contributed by atoms with van der Waals surface area (Å²) in [5, 5.41) is 3.40. The van der Waals surface area contributed by atoms with Gasteiger partial charge in [0, 0.05) is 18.3 Å². The van der Waals surface area contributed by atoms with Crippen LogP contribution in [-0.2, 0) is 4.79 Å². The Morgan fingerprint density at radius 3 is 2.60 bits per heavy atom. The molecule has 3 rings (SSSR count). The van der Waals surface area contributed by atoms with Crippen LogP contribution in [0.3, 0.4) is 0 Å². The summed E-state index contributed by atoms with van der Waals surface area (Å²) in [5.41, 5.74) is 0.914. The molecule has 1 aliphatic heterocycles. The Hall–Kier alpha value is -2.44. The average Bonchev–Trinajstić information content (AvgIpc) is 3.05. The molecule has 2 amide bonds. The largest absolute Gasteiger partial charge is 0.454 e. The maximum absolute atomic E-state index is 12.4. The summed E-state index contributed by atoms with van der Waals surface area (Å²) in [6, 6.07) is 9.65. The fourth-order valence-electron chi connectivity index (χ4n) is 2.31. The minimum atomic E-state index is -0.352. The topological polar surface area (TPSA) is 67.9 Å². The predicted molar refractivity (Wildman–Crippen MR) is 94.6 cm³/mol. The molecule has 1 heterocycles. The van der Waals surface area contributed by atoms with Crippen molar-refractivity contribution in [2.75, 3.05) is 25.7 Å². The Labute approximate surface area is 154 Å². The van der Waals surface area contributed by atoms with E-state index in [1.165, 1.54) is 4.90 Å². The summed E-state index contributed by atoms with van der Waals surface area (Å²) in [5.74, 6) is 0.452. The van der Waals surface area contributed by atoms with Crippen LogP contribution in [0.4, 0.5) is 5.69 Å². The molecule has 0 fully saturated rings. The molecule has 0 aromatic heterocycles. The molecular formula is C17H14Cl2N2O4. The number of ether oxygens (including phenoxy) is 2. The highest BCUT2D eigenvalue weighted by Crippen LogP contribution is 2.32. The smallest absolute Gasteiger partial charge is 0.254 e. The summed E-state index contributed by atoms with van der Waals surface area (Å²) in [4.78, 5) is 25.9. The summed E-state index contributed by atoms with van der Waals surface area (Å²) in [6.45, 7) is 0.0163. The van der Waals surface area contributed by atoms with Crippen molar-refractivity contribution in [2.45, 2.75) is 0 Å². The van der Waals surface area contributed by atoms with Crippen LogP contribution in [0, 0.1) is 0 Å². The quantitative estimate of drug-likeness (QED) is 0.881. The number of anilines is 1. The zero-order valence-corrected chi connectivity index (χ0v) is 14.7. The highest BCUT2D eigenvalue weighted by molar-refractivity contribution is 6.42. The van der Waals surface area contributed by atoms with Crippen molar-refractivity contribution in [1.29, 1.82) is 0 Å². The number of rotatable bonds is 4. The maximum Gasteiger partial charge on any atom is 0.254 e. The van der Waals surface area contributed by atoms with Gasteiger partial charge in [-0.2, -0.15) is 0 Å². The van der Waals surface area contributed by atoms with Crippen molar-refractivity contribution < 1.29 is 19.1 Å².